The van der Waals surface area contributed by atoms with Crippen LogP contribution in [-0.4, -0.2) is 57.9 Å². The maximum Gasteiger partial charge on any atom is 0.191 e. The van der Waals surface area contributed by atoms with Crippen molar-refractivity contribution in [1.82, 2.24) is 10.6 Å². The summed E-state index contributed by atoms with van der Waals surface area (Å²) < 4.78 is 5.52. The molecule has 6 nitrogen and oxygen atoms in total. The van der Waals surface area contributed by atoms with E-state index < -0.39 is 0 Å². The largest absolute Gasteiger partial charge is 0.378 e. The number of nitrogens with one attached hydrogen (secondary N) is 2. The Morgan fingerprint density at radius 1 is 1.03 bits per heavy atom. The first-order chi connectivity index (χ1) is 15.2. The minimum Gasteiger partial charge on any atom is -0.378 e. The number of morpholine rings is 1. The van der Waals surface area contributed by atoms with Gasteiger partial charge in [0.2, 0.25) is 0 Å². The van der Waals surface area contributed by atoms with Gasteiger partial charge < -0.3 is 25.2 Å². The number of aryl methyl sites for hydroxylation is 1. The van der Waals surface area contributed by atoms with Gasteiger partial charge in [-0.2, -0.15) is 0 Å². The second-order valence-electron chi connectivity index (χ2n) is 8.33. The molecule has 2 aliphatic rings. The van der Waals surface area contributed by atoms with Crippen molar-refractivity contribution >= 4 is 41.3 Å². The van der Waals surface area contributed by atoms with E-state index in [1.807, 2.05) is 0 Å². The molecule has 2 aromatic carbocycles. The molecule has 0 aliphatic carbocycles. The van der Waals surface area contributed by atoms with E-state index >= 15 is 0 Å². The first-order valence-electron chi connectivity index (χ1n) is 11.5. The van der Waals surface area contributed by atoms with Crippen molar-refractivity contribution in [2.75, 3.05) is 55.7 Å². The molecule has 1 atom stereocenters. The highest BCUT2D eigenvalue weighted by Gasteiger charge is 2.23. The van der Waals surface area contributed by atoms with Crippen LogP contribution in [-0.2, 0) is 11.3 Å². The zero-order valence-electron chi connectivity index (χ0n) is 19.2. The van der Waals surface area contributed by atoms with Crippen molar-refractivity contribution in [3.05, 3.63) is 59.7 Å². The molecule has 0 aromatic heterocycles. The van der Waals surface area contributed by atoms with Gasteiger partial charge in [0.15, 0.2) is 5.96 Å². The summed E-state index contributed by atoms with van der Waals surface area (Å²) in [5.74, 6) is 0.898. The lowest BCUT2D eigenvalue weighted by Gasteiger charge is -2.30. The molecule has 0 spiro atoms. The Morgan fingerprint density at radius 2 is 1.78 bits per heavy atom. The SMILES string of the molecule is CCNC(=NCc1ccccc1N1CCOCC1)NC1CCN(c2ccc(C)cc2)C1.I. The summed E-state index contributed by atoms with van der Waals surface area (Å²) in [4.78, 5) is 9.79. The van der Waals surface area contributed by atoms with Crippen molar-refractivity contribution in [2.45, 2.75) is 32.9 Å². The molecule has 7 heteroatoms. The minimum atomic E-state index is 0. The number of ether oxygens (including phenoxy) is 1. The number of nitrogens with zero attached hydrogens (tertiary/aromatic N) is 3. The van der Waals surface area contributed by atoms with Gasteiger partial charge in [0.1, 0.15) is 0 Å². The fourth-order valence-corrected chi connectivity index (χ4v) is 4.30. The molecule has 2 N–H and O–H groups in total. The van der Waals surface area contributed by atoms with Gasteiger partial charge in [-0.15, -0.1) is 24.0 Å². The average Bonchev–Trinajstić information content (AvgIpc) is 3.27. The second-order valence-corrected chi connectivity index (χ2v) is 8.33. The maximum atomic E-state index is 5.52. The van der Waals surface area contributed by atoms with Crippen LogP contribution in [0.15, 0.2) is 53.5 Å². The van der Waals surface area contributed by atoms with Crippen molar-refractivity contribution in [3.8, 4) is 0 Å². The molecule has 0 radical (unpaired) electrons. The van der Waals surface area contributed by atoms with E-state index in [2.05, 4.69) is 82.8 Å². The monoisotopic (exact) mass is 549 g/mol. The Kier molecular flexibility index (Phi) is 9.47. The molecule has 174 valence electrons. The molecule has 2 fully saturated rings. The molecule has 2 heterocycles. The number of halogens is 1. The van der Waals surface area contributed by atoms with Crippen LogP contribution < -0.4 is 20.4 Å². The first kappa shape index (κ1) is 24.6. The highest BCUT2D eigenvalue weighted by molar-refractivity contribution is 14.0. The Morgan fingerprint density at radius 3 is 2.53 bits per heavy atom. The van der Waals surface area contributed by atoms with Crippen LogP contribution >= 0.6 is 24.0 Å². The number of benzene rings is 2. The molecule has 4 rings (SSSR count). The summed E-state index contributed by atoms with van der Waals surface area (Å²) >= 11 is 0. The molecule has 1 unspecified atom stereocenters. The van der Waals surface area contributed by atoms with Gasteiger partial charge in [-0.05, 0) is 44.0 Å². The molecule has 2 aromatic rings. The third-order valence-corrected chi connectivity index (χ3v) is 6.02. The van der Waals surface area contributed by atoms with E-state index in [1.54, 1.807) is 0 Å². The van der Waals surface area contributed by atoms with Crippen molar-refractivity contribution in [1.29, 1.82) is 0 Å². The van der Waals surface area contributed by atoms with E-state index in [0.717, 1.165) is 58.3 Å². The number of aliphatic imine (C=N–C) groups is 1. The molecular formula is C25H36IN5O. The number of hydrogen-bond donors (Lipinski definition) is 2. The fraction of sp³-hybridized carbons (Fsp3) is 0.480. The highest BCUT2D eigenvalue weighted by atomic mass is 127. The zero-order chi connectivity index (χ0) is 21.5. The van der Waals surface area contributed by atoms with E-state index in [-0.39, 0.29) is 24.0 Å². The van der Waals surface area contributed by atoms with Gasteiger partial charge in [-0.3, -0.25) is 0 Å². The lowest BCUT2D eigenvalue weighted by atomic mass is 10.1. The Labute approximate surface area is 209 Å². The lowest BCUT2D eigenvalue weighted by Crippen LogP contribution is -2.44. The summed E-state index contributed by atoms with van der Waals surface area (Å²) in [6.07, 6.45) is 1.11. The lowest BCUT2D eigenvalue weighted by molar-refractivity contribution is 0.122. The van der Waals surface area contributed by atoms with Crippen molar-refractivity contribution in [3.63, 3.8) is 0 Å². The van der Waals surface area contributed by atoms with Crippen LogP contribution in [0.3, 0.4) is 0 Å². The quantitative estimate of drug-likeness (QED) is 0.327. The van der Waals surface area contributed by atoms with Crippen LogP contribution in [0.2, 0.25) is 0 Å². The molecule has 32 heavy (non-hydrogen) atoms. The van der Waals surface area contributed by atoms with Gasteiger partial charge in [-0.1, -0.05) is 35.9 Å². The molecule has 2 saturated heterocycles. The Hall–Kier alpha value is -2.00. The van der Waals surface area contributed by atoms with E-state index in [0.29, 0.717) is 12.6 Å². The predicted molar refractivity (Wildman–Crippen MR) is 145 cm³/mol. The molecule has 0 bridgehead atoms. The van der Waals surface area contributed by atoms with Gasteiger partial charge in [0.05, 0.1) is 19.8 Å². The van der Waals surface area contributed by atoms with Gasteiger partial charge in [0.25, 0.3) is 0 Å². The summed E-state index contributed by atoms with van der Waals surface area (Å²) in [5.41, 5.74) is 5.14. The first-order valence-corrected chi connectivity index (χ1v) is 11.5. The molecular weight excluding hydrogens is 513 g/mol. The smallest absolute Gasteiger partial charge is 0.191 e. The Bertz CT molecular complexity index is 867. The zero-order valence-corrected chi connectivity index (χ0v) is 21.5. The Balaban J connectivity index is 0.00000289. The molecule has 2 aliphatic heterocycles. The normalized spacial score (nSPS) is 18.9. The van der Waals surface area contributed by atoms with Crippen LogP contribution in [0.1, 0.15) is 24.5 Å². The number of hydrogen-bond acceptors (Lipinski definition) is 4. The van der Waals surface area contributed by atoms with Crippen LogP contribution in [0, 0.1) is 6.92 Å². The average molecular weight is 550 g/mol. The number of guanidine groups is 1. The topological polar surface area (TPSA) is 52.1 Å². The standard InChI is InChI=1S/C25H35N5O.HI/c1-3-26-25(28-22-12-13-30(19-22)23-10-8-20(2)9-11-23)27-18-21-6-4-5-7-24(21)29-14-16-31-17-15-29;/h4-11,22H,3,12-19H2,1-2H3,(H2,26,27,28);1H. The summed E-state index contributed by atoms with van der Waals surface area (Å²) in [5, 5.41) is 7.09. The minimum absolute atomic E-state index is 0. The highest BCUT2D eigenvalue weighted by Crippen LogP contribution is 2.23. The van der Waals surface area contributed by atoms with Crippen LogP contribution in [0.4, 0.5) is 11.4 Å². The van der Waals surface area contributed by atoms with Crippen molar-refractivity contribution in [2.24, 2.45) is 4.99 Å². The summed E-state index contributed by atoms with van der Waals surface area (Å²) in [6, 6.07) is 17.8. The van der Waals surface area contributed by atoms with Crippen molar-refractivity contribution < 1.29 is 4.74 Å². The second kappa shape index (κ2) is 12.3. The third kappa shape index (κ3) is 6.51. The van der Waals surface area contributed by atoms with Gasteiger partial charge in [0, 0.05) is 50.1 Å². The van der Waals surface area contributed by atoms with E-state index in [9.17, 15) is 0 Å². The van der Waals surface area contributed by atoms with Crippen LogP contribution in [0.25, 0.3) is 0 Å². The summed E-state index contributed by atoms with van der Waals surface area (Å²) in [6.45, 7) is 11.3. The molecule has 0 saturated carbocycles. The third-order valence-electron chi connectivity index (χ3n) is 6.02. The number of anilines is 2. The number of rotatable bonds is 6. The fourth-order valence-electron chi connectivity index (χ4n) is 4.30. The van der Waals surface area contributed by atoms with E-state index in [4.69, 9.17) is 9.73 Å². The predicted octanol–water partition coefficient (Wildman–Crippen LogP) is 3.78. The van der Waals surface area contributed by atoms with Gasteiger partial charge >= 0.3 is 0 Å². The molecule has 0 amide bonds. The maximum absolute atomic E-state index is 5.52. The van der Waals surface area contributed by atoms with E-state index in [1.165, 1.54) is 22.5 Å². The van der Waals surface area contributed by atoms with Gasteiger partial charge in [-0.25, -0.2) is 4.99 Å². The number of para-hydroxylation sites is 1. The summed E-state index contributed by atoms with van der Waals surface area (Å²) in [7, 11) is 0. The van der Waals surface area contributed by atoms with Crippen LogP contribution in [0.5, 0.6) is 0 Å².